The van der Waals surface area contributed by atoms with Gasteiger partial charge in [-0.1, -0.05) is 5.16 Å². The molecular weight excluding hydrogens is 310 g/mol. The van der Waals surface area contributed by atoms with Gasteiger partial charge in [-0.25, -0.2) is 0 Å². The van der Waals surface area contributed by atoms with Crippen LogP contribution in [0.25, 0.3) is 0 Å². The fourth-order valence-electron chi connectivity index (χ4n) is 2.64. The first-order valence-corrected chi connectivity index (χ1v) is 8.22. The van der Waals surface area contributed by atoms with Crippen LogP contribution in [0.4, 0.5) is 0 Å². The van der Waals surface area contributed by atoms with Crippen LogP contribution in [0, 0.1) is 13.8 Å². The third-order valence-corrected chi connectivity index (χ3v) is 4.73. The number of thioether (sulfide) groups is 1. The molecule has 1 aliphatic heterocycles. The Balaban J connectivity index is 0.00000220. The second kappa shape index (κ2) is 8.66. The Bertz CT molecular complexity index is 448. The van der Waals surface area contributed by atoms with Crippen molar-refractivity contribution >= 4 is 30.1 Å². The van der Waals surface area contributed by atoms with Crippen molar-refractivity contribution in [2.45, 2.75) is 38.5 Å². The summed E-state index contributed by atoms with van der Waals surface area (Å²) < 4.78 is 5.13. The first kappa shape index (κ1) is 18.3. The van der Waals surface area contributed by atoms with Gasteiger partial charge in [-0.2, -0.15) is 0 Å². The third kappa shape index (κ3) is 4.63. The number of likely N-dealkylation sites (tertiary alicyclic amines) is 1. The van der Waals surface area contributed by atoms with Gasteiger partial charge in [0.25, 0.3) is 0 Å². The van der Waals surface area contributed by atoms with Crippen LogP contribution in [0.5, 0.6) is 0 Å². The molecule has 0 aromatic carbocycles. The topological polar surface area (TPSA) is 58.4 Å². The molecule has 0 spiro atoms. The van der Waals surface area contributed by atoms with E-state index in [1.54, 1.807) is 11.8 Å². The maximum atomic E-state index is 12.3. The normalized spacial score (nSPS) is 17.9. The zero-order valence-corrected chi connectivity index (χ0v) is 14.5. The zero-order valence-electron chi connectivity index (χ0n) is 12.8. The molecule has 5 nitrogen and oxygen atoms in total. The Morgan fingerprint density at radius 3 is 2.90 bits per heavy atom. The predicted octanol–water partition coefficient (Wildman–Crippen LogP) is 2.16. The van der Waals surface area contributed by atoms with Gasteiger partial charge in [-0.05, 0) is 33.7 Å². The molecule has 2 heterocycles. The second-order valence-corrected chi connectivity index (χ2v) is 6.22. The average molecular weight is 334 g/mol. The van der Waals surface area contributed by atoms with Gasteiger partial charge in [-0.15, -0.1) is 24.2 Å². The summed E-state index contributed by atoms with van der Waals surface area (Å²) in [6.45, 7) is 5.65. The quantitative estimate of drug-likeness (QED) is 0.864. The lowest BCUT2D eigenvalue weighted by Crippen LogP contribution is -2.41. The second-order valence-electron chi connectivity index (χ2n) is 5.24. The van der Waals surface area contributed by atoms with Gasteiger partial charge in [0.05, 0.1) is 11.4 Å². The van der Waals surface area contributed by atoms with Crippen LogP contribution < -0.4 is 5.32 Å². The summed E-state index contributed by atoms with van der Waals surface area (Å²) in [6.07, 6.45) is 2.23. The van der Waals surface area contributed by atoms with Gasteiger partial charge in [0.2, 0.25) is 5.91 Å². The number of carbonyl (C=O) groups is 1. The fraction of sp³-hybridized carbons (Fsp3) is 0.714. The van der Waals surface area contributed by atoms with Gasteiger partial charge in [0.1, 0.15) is 5.76 Å². The van der Waals surface area contributed by atoms with E-state index < -0.39 is 0 Å². The minimum Gasteiger partial charge on any atom is -0.361 e. The van der Waals surface area contributed by atoms with Crippen molar-refractivity contribution in [2.24, 2.45) is 0 Å². The van der Waals surface area contributed by atoms with Gasteiger partial charge in [-0.3, -0.25) is 4.79 Å². The Morgan fingerprint density at radius 1 is 1.52 bits per heavy atom. The molecule has 1 unspecified atom stereocenters. The minimum atomic E-state index is 0. The molecule has 0 bridgehead atoms. The number of carbonyl (C=O) groups excluding carboxylic acids is 1. The van der Waals surface area contributed by atoms with E-state index in [0.717, 1.165) is 48.7 Å². The first-order chi connectivity index (χ1) is 9.63. The number of nitrogens with zero attached hydrogens (tertiary/aromatic N) is 2. The summed E-state index contributed by atoms with van der Waals surface area (Å²) in [7, 11) is 1.94. The standard InChI is InChI=1S/C14H23N3O2S.ClH/c1-10-13(11(2)19-16-10)8-20-9-14(18)17-6-4-5-12(17)7-15-3;/h12,15H,4-9H2,1-3H3;1H. The van der Waals surface area contributed by atoms with E-state index in [1.165, 1.54) is 0 Å². The lowest BCUT2D eigenvalue weighted by Gasteiger charge is -2.24. The SMILES string of the molecule is CNCC1CCCN1C(=O)CSCc1c(C)noc1C.Cl. The summed E-state index contributed by atoms with van der Waals surface area (Å²) in [4.78, 5) is 14.3. The largest absolute Gasteiger partial charge is 0.361 e. The van der Waals surface area contributed by atoms with E-state index in [9.17, 15) is 4.79 Å². The number of aryl methyl sites for hydroxylation is 2. The summed E-state index contributed by atoms with van der Waals surface area (Å²) in [5, 5.41) is 7.10. The average Bonchev–Trinajstić information content (AvgIpc) is 3.00. The number of rotatable bonds is 6. The van der Waals surface area contributed by atoms with E-state index in [4.69, 9.17) is 4.52 Å². The minimum absolute atomic E-state index is 0. The molecule has 1 fully saturated rings. The fourth-order valence-corrected chi connectivity index (χ4v) is 3.70. The summed E-state index contributed by atoms with van der Waals surface area (Å²) in [5.41, 5.74) is 2.05. The van der Waals surface area contributed by atoms with Crippen molar-refractivity contribution in [2.75, 3.05) is 25.9 Å². The van der Waals surface area contributed by atoms with E-state index in [0.29, 0.717) is 11.8 Å². The van der Waals surface area contributed by atoms with Crippen LogP contribution in [0.3, 0.4) is 0 Å². The van der Waals surface area contributed by atoms with Crippen LogP contribution in [0.2, 0.25) is 0 Å². The molecule has 1 saturated heterocycles. The number of halogens is 1. The smallest absolute Gasteiger partial charge is 0.232 e. The van der Waals surface area contributed by atoms with Crippen LogP contribution in [0.15, 0.2) is 4.52 Å². The third-order valence-electron chi connectivity index (χ3n) is 3.79. The number of nitrogens with one attached hydrogen (secondary N) is 1. The number of amides is 1. The number of hydrogen-bond donors (Lipinski definition) is 1. The highest BCUT2D eigenvalue weighted by Crippen LogP contribution is 2.22. The van der Waals surface area contributed by atoms with Crippen LogP contribution in [0.1, 0.15) is 29.9 Å². The summed E-state index contributed by atoms with van der Waals surface area (Å²) >= 11 is 1.64. The molecule has 2 rings (SSSR count). The van der Waals surface area contributed by atoms with Crippen LogP contribution >= 0.6 is 24.2 Å². The Labute approximate surface area is 136 Å². The Hall–Kier alpha value is -0.720. The van der Waals surface area contributed by atoms with E-state index in [1.807, 2.05) is 25.8 Å². The monoisotopic (exact) mass is 333 g/mol. The predicted molar refractivity (Wildman–Crippen MR) is 88.0 cm³/mol. The Kier molecular flexibility index (Phi) is 7.56. The highest BCUT2D eigenvalue weighted by atomic mass is 35.5. The van der Waals surface area contributed by atoms with Crippen molar-refractivity contribution in [1.29, 1.82) is 0 Å². The molecule has 1 atom stereocenters. The first-order valence-electron chi connectivity index (χ1n) is 7.07. The lowest BCUT2D eigenvalue weighted by molar-refractivity contribution is -0.129. The number of likely N-dealkylation sites (N-methyl/N-ethyl adjacent to an activating group) is 1. The Morgan fingerprint density at radius 2 is 2.29 bits per heavy atom. The highest BCUT2D eigenvalue weighted by molar-refractivity contribution is 7.99. The molecule has 7 heteroatoms. The van der Waals surface area contributed by atoms with Crippen molar-refractivity contribution in [3.05, 3.63) is 17.0 Å². The zero-order chi connectivity index (χ0) is 14.5. The molecular formula is C14H24ClN3O2S. The molecule has 1 amide bonds. The van der Waals surface area contributed by atoms with E-state index in [-0.39, 0.29) is 18.3 Å². The molecule has 120 valence electrons. The van der Waals surface area contributed by atoms with Crippen molar-refractivity contribution in [3.8, 4) is 0 Å². The molecule has 21 heavy (non-hydrogen) atoms. The van der Waals surface area contributed by atoms with Gasteiger partial charge in [0, 0.05) is 30.4 Å². The molecule has 1 aromatic rings. The molecule has 0 aliphatic carbocycles. The van der Waals surface area contributed by atoms with Crippen molar-refractivity contribution in [3.63, 3.8) is 0 Å². The van der Waals surface area contributed by atoms with Gasteiger partial charge in [0.15, 0.2) is 0 Å². The van der Waals surface area contributed by atoms with Crippen molar-refractivity contribution < 1.29 is 9.32 Å². The highest BCUT2D eigenvalue weighted by Gasteiger charge is 2.27. The molecule has 1 aliphatic rings. The lowest BCUT2D eigenvalue weighted by atomic mass is 10.2. The molecule has 0 saturated carbocycles. The van der Waals surface area contributed by atoms with E-state index >= 15 is 0 Å². The number of hydrogen-bond acceptors (Lipinski definition) is 5. The molecule has 1 N–H and O–H groups in total. The van der Waals surface area contributed by atoms with Crippen LogP contribution in [-0.2, 0) is 10.5 Å². The molecule has 0 radical (unpaired) electrons. The molecule has 1 aromatic heterocycles. The summed E-state index contributed by atoms with van der Waals surface area (Å²) in [5.74, 6) is 2.43. The van der Waals surface area contributed by atoms with Gasteiger partial charge < -0.3 is 14.7 Å². The van der Waals surface area contributed by atoms with E-state index in [2.05, 4.69) is 10.5 Å². The maximum absolute atomic E-state index is 12.3. The number of aromatic nitrogens is 1. The van der Waals surface area contributed by atoms with Gasteiger partial charge >= 0.3 is 0 Å². The maximum Gasteiger partial charge on any atom is 0.232 e. The summed E-state index contributed by atoms with van der Waals surface area (Å²) in [6, 6.07) is 0.368. The van der Waals surface area contributed by atoms with Crippen LogP contribution in [-0.4, -0.2) is 47.9 Å². The van der Waals surface area contributed by atoms with Crippen molar-refractivity contribution in [1.82, 2.24) is 15.4 Å².